The Morgan fingerprint density at radius 1 is 1.42 bits per heavy atom. The molecular formula is C24H28ClN3O3. The highest BCUT2D eigenvalue weighted by atomic mass is 35.5. The van der Waals surface area contributed by atoms with Gasteiger partial charge in [-0.1, -0.05) is 17.7 Å². The van der Waals surface area contributed by atoms with Crippen LogP contribution >= 0.6 is 11.6 Å². The lowest BCUT2D eigenvalue weighted by atomic mass is 10.1. The van der Waals surface area contributed by atoms with E-state index in [4.69, 9.17) is 21.1 Å². The van der Waals surface area contributed by atoms with Crippen LogP contribution in [0, 0.1) is 25.2 Å². The number of amides is 1. The number of halogens is 1. The van der Waals surface area contributed by atoms with Gasteiger partial charge in [0.2, 0.25) is 0 Å². The summed E-state index contributed by atoms with van der Waals surface area (Å²) in [6.45, 7) is 6.31. The van der Waals surface area contributed by atoms with Crippen LogP contribution < -0.4 is 4.74 Å². The van der Waals surface area contributed by atoms with Crippen molar-refractivity contribution in [1.82, 2.24) is 9.47 Å². The number of hydrogen-bond acceptors (Lipinski definition) is 4. The highest BCUT2D eigenvalue weighted by Gasteiger charge is 2.20. The number of aryl methyl sites for hydroxylation is 1. The van der Waals surface area contributed by atoms with Gasteiger partial charge in [0.25, 0.3) is 5.91 Å². The van der Waals surface area contributed by atoms with Crippen molar-refractivity contribution in [3.8, 4) is 11.8 Å². The van der Waals surface area contributed by atoms with E-state index >= 15 is 0 Å². The number of hydrogen-bond donors (Lipinski definition) is 0. The molecule has 0 aliphatic carbocycles. The minimum absolute atomic E-state index is 0.0996. The topological polar surface area (TPSA) is 67.5 Å². The molecule has 1 saturated heterocycles. The minimum Gasteiger partial charge on any atom is -0.492 e. The predicted molar refractivity (Wildman–Crippen MR) is 121 cm³/mol. The molecule has 6 nitrogen and oxygen atoms in total. The third kappa shape index (κ3) is 5.90. The van der Waals surface area contributed by atoms with Crippen molar-refractivity contribution in [1.29, 1.82) is 5.26 Å². The number of carbonyl (C=O) groups excluding carboxylic acids is 1. The Morgan fingerprint density at radius 2 is 2.23 bits per heavy atom. The first-order valence-electron chi connectivity index (χ1n) is 10.4. The van der Waals surface area contributed by atoms with Gasteiger partial charge < -0.3 is 18.9 Å². The van der Waals surface area contributed by atoms with Crippen molar-refractivity contribution in [2.75, 3.05) is 26.8 Å². The summed E-state index contributed by atoms with van der Waals surface area (Å²) in [5.41, 5.74) is 3.10. The van der Waals surface area contributed by atoms with Gasteiger partial charge in [0.05, 0.1) is 12.6 Å². The first-order chi connectivity index (χ1) is 14.9. The lowest BCUT2D eigenvalue weighted by molar-refractivity contribution is -0.125. The molecule has 1 aromatic heterocycles. The van der Waals surface area contributed by atoms with Gasteiger partial charge in [-0.05, 0) is 62.6 Å². The number of nitrogens with zero attached hydrogens (tertiary/aromatic N) is 3. The number of aromatic nitrogens is 1. The van der Waals surface area contributed by atoms with Crippen molar-refractivity contribution < 1.29 is 14.3 Å². The fraction of sp³-hybridized carbons (Fsp3) is 0.417. The molecule has 7 heteroatoms. The van der Waals surface area contributed by atoms with Gasteiger partial charge in [0.1, 0.15) is 24.0 Å². The minimum atomic E-state index is -0.332. The van der Waals surface area contributed by atoms with E-state index in [1.165, 1.54) is 4.90 Å². The van der Waals surface area contributed by atoms with E-state index in [9.17, 15) is 10.1 Å². The molecule has 1 fully saturated rings. The predicted octanol–water partition coefficient (Wildman–Crippen LogP) is 4.38. The fourth-order valence-corrected chi connectivity index (χ4v) is 3.89. The summed E-state index contributed by atoms with van der Waals surface area (Å²) in [5, 5.41) is 10.2. The fourth-order valence-electron chi connectivity index (χ4n) is 3.71. The molecule has 2 heterocycles. The van der Waals surface area contributed by atoms with Crippen molar-refractivity contribution in [3.05, 3.63) is 57.9 Å². The average Bonchev–Trinajstić information content (AvgIpc) is 3.35. The smallest absolute Gasteiger partial charge is 0.264 e. The van der Waals surface area contributed by atoms with E-state index < -0.39 is 0 Å². The molecule has 0 spiro atoms. The van der Waals surface area contributed by atoms with E-state index in [1.54, 1.807) is 37.4 Å². The molecule has 3 rings (SSSR count). The van der Waals surface area contributed by atoms with Crippen LogP contribution in [0.15, 0.2) is 35.9 Å². The van der Waals surface area contributed by atoms with Gasteiger partial charge in [0, 0.05) is 36.6 Å². The zero-order valence-corrected chi connectivity index (χ0v) is 19.0. The van der Waals surface area contributed by atoms with E-state index in [0.29, 0.717) is 23.9 Å². The number of carbonyl (C=O) groups is 1. The van der Waals surface area contributed by atoms with Crippen molar-refractivity contribution >= 4 is 23.6 Å². The van der Waals surface area contributed by atoms with Gasteiger partial charge in [-0.3, -0.25) is 4.79 Å². The maximum Gasteiger partial charge on any atom is 0.264 e. The summed E-state index contributed by atoms with van der Waals surface area (Å²) in [4.78, 5) is 14.3. The molecule has 0 saturated carbocycles. The summed E-state index contributed by atoms with van der Waals surface area (Å²) >= 11 is 5.95. The van der Waals surface area contributed by atoms with Crippen LogP contribution in [-0.4, -0.2) is 48.3 Å². The van der Waals surface area contributed by atoms with Gasteiger partial charge >= 0.3 is 0 Å². The van der Waals surface area contributed by atoms with Crippen molar-refractivity contribution in [3.63, 3.8) is 0 Å². The Kier molecular flexibility index (Phi) is 7.78. The molecule has 0 N–H and O–H groups in total. The van der Waals surface area contributed by atoms with Gasteiger partial charge in [-0.15, -0.1) is 0 Å². The third-order valence-electron chi connectivity index (χ3n) is 5.51. The zero-order valence-electron chi connectivity index (χ0n) is 18.2. The first-order valence-corrected chi connectivity index (χ1v) is 10.8. The first kappa shape index (κ1) is 22.9. The summed E-state index contributed by atoms with van der Waals surface area (Å²) in [6, 6.07) is 11.2. The highest BCUT2D eigenvalue weighted by molar-refractivity contribution is 6.30. The molecule has 0 radical (unpaired) electrons. The lowest BCUT2D eigenvalue weighted by Gasteiger charge is -2.17. The van der Waals surface area contributed by atoms with Crippen LogP contribution in [0.5, 0.6) is 5.75 Å². The molecular weight excluding hydrogens is 414 g/mol. The Morgan fingerprint density at radius 3 is 2.90 bits per heavy atom. The largest absolute Gasteiger partial charge is 0.492 e. The van der Waals surface area contributed by atoms with Gasteiger partial charge in [0.15, 0.2) is 0 Å². The maximum absolute atomic E-state index is 12.8. The molecule has 2 aromatic rings. The van der Waals surface area contributed by atoms with Crippen molar-refractivity contribution in [2.24, 2.45) is 0 Å². The van der Waals surface area contributed by atoms with E-state index in [2.05, 4.69) is 10.6 Å². The van der Waals surface area contributed by atoms with Crippen molar-refractivity contribution in [2.45, 2.75) is 39.3 Å². The summed E-state index contributed by atoms with van der Waals surface area (Å²) < 4.78 is 13.6. The van der Waals surface area contributed by atoms with E-state index in [1.807, 2.05) is 19.9 Å². The SMILES string of the molecule is Cc1cc(/C=C(\C#N)C(=O)N(C)CCOc2cccc(Cl)c2)c(C)n1CC1CCCO1. The van der Waals surface area contributed by atoms with Crippen LogP contribution in [0.1, 0.15) is 29.8 Å². The third-order valence-corrected chi connectivity index (χ3v) is 5.75. The van der Waals surface area contributed by atoms with E-state index in [-0.39, 0.29) is 17.6 Å². The molecule has 31 heavy (non-hydrogen) atoms. The summed E-state index contributed by atoms with van der Waals surface area (Å²) in [5.74, 6) is 0.309. The molecule has 164 valence electrons. The monoisotopic (exact) mass is 441 g/mol. The van der Waals surface area contributed by atoms with E-state index in [0.717, 1.165) is 42.9 Å². The van der Waals surface area contributed by atoms with Crippen LogP contribution in [0.25, 0.3) is 6.08 Å². The maximum atomic E-state index is 12.8. The van der Waals surface area contributed by atoms with Crippen LogP contribution in [-0.2, 0) is 16.1 Å². The number of likely N-dealkylation sites (N-methyl/N-ethyl adjacent to an activating group) is 1. The Bertz CT molecular complexity index is 1000. The number of nitriles is 1. The zero-order chi connectivity index (χ0) is 22.4. The molecule has 1 atom stereocenters. The van der Waals surface area contributed by atoms with Gasteiger partial charge in [-0.25, -0.2) is 0 Å². The standard InChI is InChI=1S/C24H28ClN3O3/c1-17-12-19(18(2)28(17)16-23-8-5-10-30-23)13-20(15-26)24(29)27(3)9-11-31-22-7-4-6-21(25)14-22/h4,6-7,12-14,23H,5,8-11,16H2,1-3H3/b20-13+. The highest BCUT2D eigenvalue weighted by Crippen LogP contribution is 2.22. The number of rotatable bonds is 8. The molecule has 1 aliphatic rings. The second-order valence-corrected chi connectivity index (χ2v) is 8.21. The normalized spacial score (nSPS) is 16.2. The number of ether oxygens (including phenoxy) is 2. The Hall–Kier alpha value is -2.75. The molecule has 1 amide bonds. The Labute approximate surface area is 188 Å². The lowest BCUT2D eigenvalue weighted by Crippen LogP contribution is -2.31. The Balaban J connectivity index is 1.64. The molecule has 1 aliphatic heterocycles. The van der Waals surface area contributed by atoms with Crippen LogP contribution in [0.2, 0.25) is 5.02 Å². The summed E-state index contributed by atoms with van der Waals surface area (Å²) in [6.07, 6.45) is 4.05. The molecule has 1 aromatic carbocycles. The molecule has 0 bridgehead atoms. The summed E-state index contributed by atoms with van der Waals surface area (Å²) in [7, 11) is 1.66. The quantitative estimate of drug-likeness (QED) is 0.450. The second kappa shape index (κ2) is 10.5. The number of benzene rings is 1. The second-order valence-electron chi connectivity index (χ2n) is 7.77. The van der Waals surface area contributed by atoms with Crippen LogP contribution in [0.3, 0.4) is 0 Å². The van der Waals surface area contributed by atoms with Crippen LogP contribution in [0.4, 0.5) is 0 Å². The van der Waals surface area contributed by atoms with Gasteiger partial charge in [-0.2, -0.15) is 5.26 Å². The molecule has 1 unspecified atom stereocenters. The average molecular weight is 442 g/mol.